The summed E-state index contributed by atoms with van der Waals surface area (Å²) in [4.78, 5) is 0. The van der Waals surface area contributed by atoms with Crippen molar-refractivity contribution in [1.82, 2.24) is 0 Å². The van der Waals surface area contributed by atoms with Gasteiger partial charge >= 0.3 is 0 Å². The lowest BCUT2D eigenvalue weighted by Gasteiger charge is -2.64. The Labute approximate surface area is 178 Å². The van der Waals surface area contributed by atoms with E-state index in [1.54, 1.807) is 0 Å². The monoisotopic (exact) mass is 406 g/mol. The van der Waals surface area contributed by atoms with Gasteiger partial charge in [-0.2, -0.15) is 0 Å². The van der Waals surface area contributed by atoms with Crippen LogP contribution in [0.1, 0.15) is 91.9 Å². The van der Waals surface area contributed by atoms with E-state index < -0.39 is 0 Å². The van der Waals surface area contributed by atoms with Crippen molar-refractivity contribution in [2.45, 2.75) is 104 Å². The lowest BCUT2D eigenvalue weighted by atomic mass is 9.41. The molecule has 3 heteroatoms. The topological polar surface area (TPSA) is 60.7 Å². The zero-order valence-electron chi connectivity index (χ0n) is 19.3. The molecule has 4 saturated carbocycles. The predicted molar refractivity (Wildman–Crippen MR) is 117 cm³/mol. The van der Waals surface area contributed by atoms with Gasteiger partial charge in [-0.1, -0.05) is 34.1 Å². The van der Waals surface area contributed by atoms with Crippen LogP contribution in [0.25, 0.3) is 0 Å². The average molecular weight is 407 g/mol. The standard InChI is InChI=1S/C26H46O3/c1-5-18-22-15-17(28)10-12-26(22,4)21-11-13-25(3)19(16(2)7-6-14-27)8-9-20(25)23(21)24(18)29/h16-24,27-29H,5-15H2,1-4H3/t16-,17+,18-,19-,20?,21?,22+,23?,24+,25-,26-/m1/s1. The minimum absolute atomic E-state index is 0.164. The van der Waals surface area contributed by atoms with Crippen molar-refractivity contribution >= 4 is 0 Å². The van der Waals surface area contributed by atoms with E-state index in [1.807, 2.05) is 0 Å². The maximum atomic E-state index is 11.7. The van der Waals surface area contributed by atoms with Gasteiger partial charge in [0.2, 0.25) is 0 Å². The Balaban J connectivity index is 1.63. The first-order valence-electron chi connectivity index (χ1n) is 12.7. The Bertz CT molecular complexity index is 578. The van der Waals surface area contributed by atoms with Crippen LogP contribution < -0.4 is 0 Å². The van der Waals surface area contributed by atoms with Crippen LogP contribution in [0.2, 0.25) is 0 Å². The molecule has 4 aliphatic carbocycles. The highest BCUT2D eigenvalue weighted by Crippen LogP contribution is 2.69. The number of rotatable bonds is 5. The largest absolute Gasteiger partial charge is 0.396 e. The zero-order chi connectivity index (χ0) is 21.0. The smallest absolute Gasteiger partial charge is 0.0605 e. The lowest BCUT2D eigenvalue weighted by molar-refractivity contribution is -0.203. The van der Waals surface area contributed by atoms with Gasteiger partial charge < -0.3 is 15.3 Å². The molecule has 0 amide bonds. The normalized spacial score (nSPS) is 53.1. The van der Waals surface area contributed by atoms with Gasteiger partial charge in [-0.15, -0.1) is 0 Å². The Morgan fingerprint density at radius 3 is 2.31 bits per heavy atom. The summed E-state index contributed by atoms with van der Waals surface area (Å²) in [5.74, 6) is 3.97. The fourth-order valence-electron chi connectivity index (χ4n) is 9.55. The fraction of sp³-hybridized carbons (Fsp3) is 1.00. The molecule has 0 spiro atoms. The van der Waals surface area contributed by atoms with Gasteiger partial charge in [0.25, 0.3) is 0 Å². The summed E-state index contributed by atoms with van der Waals surface area (Å²) in [5.41, 5.74) is 0.651. The van der Waals surface area contributed by atoms with Crippen LogP contribution in [0.15, 0.2) is 0 Å². The summed E-state index contributed by atoms with van der Waals surface area (Å²) < 4.78 is 0. The highest BCUT2D eigenvalue weighted by Gasteiger charge is 2.64. The molecule has 0 heterocycles. The molecule has 168 valence electrons. The van der Waals surface area contributed by atoms with Crippen molar-refractivity contribution in [2.75, 3.05) is 6.61 Å². The molecule has 0 radical (unpaired) electrons. The van der Waals surface area contributed by atoms with Gasteiger partial charge in [-0.3, -0.25) is 0 Å². The molecule has 0 bridgehead atoms. The number of fused-ring (bicyclic) bond motifs is 5. The van der Waals surface area contributed by atoms with Gasteiger partial charge in [-0.25, -0.2) is 0 Å². The van der Waals surface area contributed by atoms with Crippen LogP contribution in [0.5, 0.6) is 0 Å². The maximum Gasteiger partial charge on any atom is 0.0605 e. The van der Waals surface area contributed by atoms with E-state index in [2.05, 4.69) is 27.7 Å². The lowest BCUT2D eigenvalue weighted by Crippen LogP contribution is -2.62. The van der Waals surface area contributed by atoms with Crippen LogP contribution in [0, 0.1) is 52.3 Å². The van der Waals surface area contributed by atoms with Crippen molar-refractivity contribution in [3.63, 3.8) is 0 Å². The van der Waals surface area contributed by atoms with Gasteiger partial charge in [0.15, 0.2) is 0 Å². The molecule has 0 aromatic rings. The highest BCUT2D eigenvalue weighted by atomic mass is 16.3. The Kier molecular flexibility index (Phi) is 6.17. The van der Waals surface area contributed by atoms with E-state index in [0.29, 0.717) is 52.9 Å². The van der Waals surface area contributed by atoms with Crippen molar-refractivity contribution in [3.05, 3.63) is 0 Å². The molecule has 3 unspecified atom stereocenters. The summed E-state index contributed by atoms with van der Waals surface area (Å²) in [6, 6.07) is 0. The van der Waals surface area contributed by atoms with Gasteiger partial charge in [0.05, 0.1) is 12.2 Å². The van der Waals surface area contributed by atoms with Crippen LogP contribution in [0.3, 0.4) is 0 Å². The molecule has 4 rings (SSSR count). The molecule has 0 aromatic carbocycles. The first-order chi connectivity index (χ1) is 13.8. The molecule has 4 fully saturated rings. The number of aliphatic hydroxyl groups is 3. The average Bonchev–Trinajstić information content (AvgIpc) is 3.05. The molecule has 4 aliphatic rings. The van der Waals surface area contributed by atoms with Crippen molar-refractivity contribution < 1.29 is 15.3 Å². The Morgan fingerprint density at radius 2 is 1.62 bits per heavy atom. The summed E-state index contributed by atoms with van der Waals surface area (Å²) in [7, 11) is 0. The summed E-state index contributed by atoms with van der Waals surface area (Å²) in [6.45, 7) is 10.0. The van der Waals surface area contributed by atoms with Gasteiger partial charge in [-0.05, 0) is 110 Å². The second-order valence-electron chi connectivity index (χ2n) is 12.0. The Hall–Kier alpha value is -0.120. The quantitative estimate of drug-likeness (QED) is 0.601. The molecule has 29 heavy (non-hydrogen) atoms. The molecule has 0 aliphatic heterocycles. The first kappa shape index (κ1) is 22.1. The van der Waals surface area contributed by atoms with E-state index in [-0.39, 0.29) is 12.2 Å². The van der Waals surface area contributed by atoms with E-state index in [9.17, 15) is 15.3 Å². The van der Waals surface area contributed by atoms with E-state index in [0.717, 1.165) is 44.4 Å². The van der Waals surface area contributed by atoms with Crippen molar-refractivity contribution in [2.24, 2.45) is 52.3 Å². The molecule has 11 atom stereocenters. The second-order valence-corrected chi connectivity index (χ2v) is 12.0. The molecule has 3 nitrogen and oxygen atoms in total. The SMILES string of the molecule is CC[C@H]1[C@H](O)C2C3CC[C@H]([C@H](C)CCCO)[C@@]3(C)CCC2[C@@]2(C)CC[C@H](O)C[C@@H]12. The predicted octanol–water partition coefficient (Wildman–Crippen LogP) is 5.02. The molecule has 0 saturated heterocycles. The second kappa shape index (κ2) is 8.10. The van der Waals surface area contributed by atoms with E-state index in [1.165, 1.54) is 25.7 Å². The minimum Gasteiger partial charge on any atom is -0.396 e. The molecular formula is C26H46O3. The Morgan fingerprint density at radius 1 is 0.931 bits per heavy atom. The molecule has 3 N–H and O–H groups in total. The third kappa shape index (κ3) is 3.33. The summed E-state index contributed by atoms with van der Waals surface area (Å²) in [5, 5.41) is 31.4. The van der Waals surface area contributed by atoms with E-state index >= 15 is 0 Å². The van der Waals surface area contributed by atoms with Crippen LogP contribution in [-0.4, -0.2) is 34.1 Å². The third-order valence-electron chi connectivity index (χ3n) is 11.0. The molecule has 0 aromatic heterocycles. The first-order valence-corrected chi connectivity index (χ1v) is 12.7. The van der Waals surface area contributed by atoms with Crippen molar-refractivity contribution in [3.8, 4) is 0 Å². The maximum absolute atomic E-state index is 11.7. The fourth-order valence-corrected chi connectivity index (χ4v) is 9.55. The minimum atomic E-state index is -0.190. The van der Waals surface area contributed by atoms with Crippen molar-refractivity contribution in [1.29, 1.82) is 0 Å². The highest BCUT2D eigenvalue weighted by molar-refractivity contribution is 5.13. The number of hydrogen-bond donors (Lipinski definition) is 3. The summed E-state index contributed by atoms with van der Waals surface area (Å²) >= 11 is 0. The third-order valence-corrected chi connectivity index (χ3v) is 11.0. The zero-order valence-corrected chi connectivity index (χ0v) is 19.3. The van der Waals surface area contributed by atoms with E-state index in [4.69, 9.17) is 0 Å². The van der Waals surface area contributed by atoms with Crippen LogP contribution in [-0.2, 0) is 0 Å². The van der Waals surface area contributed by atoms with Crippen LogP contribution >= 0.6 is 0 Å². The molecular weight excluding hydrogens is 360 g/mol. The number of hydrogen-bond acceptors (Lipinski definition) is 3. The van der Waals surface area contributed by atoms with Gasteiger partial charge in [0.1, 0.15) is 0 Å². The van der Waals surface area contributed by atoms with Crippen LogP contribution in [0.4, 0.5) is 0 Å². The summed E-state index contributed by atoms with van der Waals surface area (Å²) in [6.07, 6.45) is 10.9. The van der Waals surface area contributed by atoms with Gasteiger partial charge in [0, 0.05) is 6.61 Å². The number of aliphatic hydroxyl groups excluding tert-OH is 3.